The summed E-state index contributed by atoms with van der Waals surface area (Å²) in [5.41, 5.74) is 5.24. The van der Waals surface area contributed by atoms with Gasteiger partial charge in [0, 0.05) is 24.3 Å². The van der Waals surface area contributed by atoms with Crippen LogP contribution in [0.3, 0.4) is 0 Å². The summed E-state index contributed by atoms with van der Waals surface area (Å²) in [6.07, 6.45) is 4.77. The second kappa shape index (κ2) is 4.02. The van der Waals surface area contributed by atoms with Gasteiger partial charge in [0.15, 0.2) is 0 Å². The molecule has 1 aromatic heterocycles. The lowest BCUT2D eigenvalue weighted by atomic mass is 9.92. The van der Waals surface area contributed by atoms with Crippen molar-refractivity contribution in [1.82, 2.24) is 9.55 Å². The first-order valence-corrected chi connectivity index (χ1v) is 5.24. The maximum Gasteiger partial charge on any atom is 0.328 e. The number of nitrogens with zero attached hydrogens (tertiary/aromatic N) is 1. The summed E-state index contributed by atoms with van der Waals surface area (Å²) in [5.74, 6) is 0. The molecular weight excluding hydrogens is 194 g/mol. The molecule has 1 aromatic rings. The summed E-state index contributed by atoms with van der Waals surface area (Å²) in [6.45, 7) is 0. The van der Waals surface area contributed by atoms with Gasteiger partial charge in [0.2, 0.25) is 0 Å². The van der Waals surface area contributed by atoms with Gasteiger partial charge in [-0.05, 0) is 25.7 Å². The maximum absolute atomic E-state index is 11.5. The Morgan fingerprint density at radius 2 is 1.93 bits per heavy atom. The average molecular weight is 209 g/mol. The van der Waals surface area contributed by atoms with E-state index in [1.54, 1.807) is 0 Å². The highest BCUT2D eigenvalue weighted by Gasteiger charge is 2.21. The lowest BCUT2D eigenvalue weighted by molar-refractivity contribution is 0.310. The van der Waals surface area contributed by atoms with E-state index in [9.17, 15) is 9.59 Å². The first-order chi connectivity index (χ1) is 7.18. The minimum Gasteiger partial charge on any atom is -0.328 e. The zero-order chi connectivity index (χ0) is 10.8. The van der Waals surface area contributed by atoms with Crippen molar-refractivity contribution in [3.63, 3.8) is 0 Å². The second-order valence-corrected chi connectivity index (χ2v) is 4.06. The molecule has 82 valence electrons. The van der Waals surface area contributed by atoms with Crippen LogP contribution in [-0.2, 0) is 0 Å². The molecule has 0 saturated heterocycles. The van der Waals surface area contributed by atoms with Gasteiger partial charge in [-0.3, -0.25) is 9.36 Å². The molecule has 0 amide bonds. The van der Waals surface area contributed by atoms with Gasteiger partial charge in [0.05, 0.1) is 0 Å². The third-order valence-electron chi connectivity index (χ3n) is 3.00. The van der Waals surface area contributed by atoms with E-state index in [1.165, 1.54) is 16.8 Å². The molecule has 2 rings (SSSR count). The van der Waals surface area contributed by atoms with E-state index >= 15 is 0 Å². The van der Waals surface area contributed by atoms with Crippen molar-refractivity contribution in [2.75, 3.05) is 0 Å². The standard InChI is InChI=1S/C10H15N3O2/c11-7-1-3-8(4-2-7)13-9(14)5-6-12-10(13)15/h5-8H,1-4,11H2,(H,12,15). The normalized spacial score (nSPS) is 26.5. The van der Waals surface area contributed by atoms with Crippen molar-refractivity contribution < 1.29 is 0 Å². The molecule has 0 spiro atoms. The minimum atomic E-state index is -0.317. The molecule has 15 heavy (non-hydrogen) atoms. The third kappa shape index (κ3) is 2.02. The molecule has 3 N–H and O–H groups in total. The van der Waals surface area contributed by atoms with E-state index in [1.807, 2.05) is 0 Å². The fourth-order valence-electron chi connectivity index (χ4n) is 2.14. The van der Waals surface area contributed by atoms with Crippen LogP contribution in [0.25, 0.3) is 0 Å². The SMILES string of the molecule is NC1CCC(n2c(=O)cc[nH]c2=O)CC1. The number of aromatic nitrogens is 2. The van der Waals surface area contributed by atoms with Crippen molar-refractivity contribution in [2.24, 2.45) is 5.73 Å². The summed E-state index contributed by atoms with van der Waals surface area (Å²) in [6, 6.07) is 1.62. The Hall–Kier alpha value is -1.36. The van der Waals surface area contributed by atoms with Crippen LogP contribution in [0.4, 0.5) is 0 Å². The lowest BCUT2D eigenvalue weighted by Crippen LogP contribution is -2.40. The fraction of sp³-hybridized carbons (Fsp3) is 0.600. The Morgan fingerprint density at radius 1 is 1.27 bits per heavy atom. The smallest absolute Gasteiger partial charge is 0.328 e. The largest absolute Gasteiger partial charge is 0.328 e. The van der Waals surface area contributed by atoms with E-state index < -0.39 is 0 Å². The molecular formula is C10H15N3O2. The van der Waals surface area contributed by atoms with Gasteiger partial charge in [-0.1, -0.05) is 0 Å². The second-order valence-electron chi connectivity index (χ2n) is 4.06. The highest BCUT2D eigenvalue weighted by atomic mass is 16.2. The van der Waals surface area contributed by atoms with Crippen molar-refractivity contribution in [2.45, 2.75) is 37.8 Å². The molecule has 0 atom stereocenters. The van der Waals surface area contributed by atoms with Gasteiger partial charge in [0.25, 0.3) is 5.56 Å². The van der Waals surface area contributed by atoms with E-state index in [0.29, 0.717) is 0 Å². The van der Waals surface area contributed by atoms with Crippen LogP contribution in [0.2, 0.25) is 0 Å². The van der Waals surface area contributed by atoms with Gasteiger partial charge in [0.1, 0.15) is 0 Å². The van der Waals surface area contributed by atoms with Crippen molar-refractivity contribution in [1.29, 1.82) is 0 Å². The first kappa shape index (κ1) is 10.2. The molecule has 0 unspecified atom stereocenters. The summed E-state index contributed by atoms with van der Waals surface area (Å²) < 4.78 is 1.31. The molecule has 5 heteroatoms. The van der Waals surface area contributed by atoms with Crippen molar-refractivity contribution >= 4 is 0 Å². The Bertz CT molecular complexity index is 412. The average Bonchev–Trinajstić information content (AvgIpc) is 2.20. The monoisotopic (exact) mass is 209 g/mol. The van der Waals surface area contributed by atoms with E-state index in [-0.39, 0.29) is 23.3 Å². The van der Waals surface area contributed by atoms with Crippen LogP contribution in [0.1, 0.15) is 31.7 Å². The maximum atomic E-state index is 11.5. The van der Waals surface area contributed by atoms with Crippen molar-refractivity contribution in [3.05, 3.63) is 33.1 Å². The number of aromatic amines is 1. The molecule has 1 fully saturated rings. The Labute approximate surface area is 86.9 Å². The zero-order valence-corrected chi connectivity index (χ0v) is 8.48. The molecule has 1 aliphatic carbocycles. The van der Waals surface area contributed by atoms with E-state index in [4.69, 9.17) is 5.73 Å². The predicted molar refractivity (Wildman–Crippen MR) is 56.8 cm³/mol. The van der Waals surface area contributed by atoms with Gasteiger partial charge in [-0.2, -0.15) is 0 Å². The molecule has 5 nitrogen and oxygen atoms in total. The van der Waals surface area contributed by atoms with Gasteiger partial charge in [-0.15, -0.1) is 0 Å². The van der Waals surface area contributed by atoms with Crippen LogP contribution in [0, 0.1) is 0 Å². The summed E-state index contributed by atoms with van der Waals surface area (Å²) in [5, 5.41) is 0. The molecule has 0 aliphatic heterocycles. The fourth-order valence-corrected chi connectivity index (χ4v) is 2.14. The molecule has 0 radical (unpaired) electrons. The highest BCUT2D eigenvalue weighted by molar-refractivity contribution is 4.88. The summed E-state index contributed by atoms with van der Waals surface area (Å²) in [7, 11) is 0. The molecule has 0 bridgehead atoms. The topological polar surface area (TPSA) is 80.9 Å². The Kier molecular flexibility index (Phi) is 2.73. The minimum absolute atomic E-state index is 0.0160. The van der Waals surface area contributed by atoms with Gasteiger partial charge in [-0.25, -0.2) is 4.79 Å². The summed E-state index contributed by atoms with van der Waals surface area (Å²) >= 11 is 0. The number of nitrogens with two attached hydrogens (primary N) is 1. The lowest BCUT2D eigenvalue weighted by Gasteiger charge is -2.26. The van der Waals surface area contributed by atoms with Gasteiger partial charge >= 0.3 is 5.69 Å². The Morgan fingerprint density at radius 3 is 2.53 bits per heavy atom. The van der Waals surface area contributed by atoms with Gasteiger partial charge < -0.3 is 10.7 Å². The number of H-pyrrole nitrogens is 1. The van der Waals surface area contributed by atoms with Crippen LogP contribution < -0.4 is 17.0 Å². The number of rotatable bonds is 1. The van der Waals surface area contributed by atoms with Crippen LogP contribution >= 0.6 is 0 Å². The predicted octanol–water partition coefficient (Wildman–Crippen LogP) is -0.0210. The van der Waals surface area contributed by atoms with E-state index in [2.05, 4.69) is 4.98 Å². The first-order valence-electron chi connectivity index (χ1n) is 5.24. The number of hydrogen-bond donors (Lipinski definition) is 2. The van der Waals surface area contributed by atoms with Crippen LogP contribution in [-0.4, -0.2) is 15.6 Å². The van der Waals surface area contributed by atoms with Crippen LogP contribution in [0.15, 0.2) is 21.9 Å². The molecule has 1 saturated carbocycles. The van der Waals surface area contributed by atoms with Crippen LogP contribution in [0.5, 0.6) is 0 Å². The summed E-state index contributed by atoms with van der Waals surface area (Å²) in [4.78, 5) is 25.6. The molecule has 0 aromatic carbocycles. The Balaban J connectivity index is 2.30. The molecule has 1 aliphatic rings. The quantitative estimate of drug-likeness (QED) is 0.682. The molecule has 1 heterocycles. The zero-order valence-electron chi connectivity index (χ0n) is 8.48. The third-order valence-corrected chi connectivity index (χ3v) is 3.00. The van der Waals surface area contributed by atoms with E-state index in [0.717, 1.165) is 25.7 Å². The number of nitrogens with one attached hydrogen (secondary N) is 1. The highest BCUT2D eigenvalue weighted by Crippen LogP contribution is 2.25. The number of hydrogen-bond acceptors (Lipinski definition) is 3. The van der Waals surface area contributed by atoms with Crippen molar-refractivity contribution in [3.8, 4) is 0 Å².